The summed E-state index contributed by atoms with van der Waals surface area (Å²) in [4.78, 5) is 14.9. The van der Waals surface area contributed by atoms with Crippen LogP contribution in [-0.2, 0) is 10.1 Å². The van der Waals surface area contributed by atoms with Crippen molar-refractivity contribution in [2.75, 3.05) is 5.32 Å². The van der Waals surface area contributed by atoms with E-state index in [1.54, 1.807) is 12.1 Å². The van der Waals surface area contributed by atoms with E-state index in [9.17, 15) is 23.4 Å². The number of pyridine rings is 1. The number of nitrogens with zero attached hydrogens (tertiary/aromatic N) is 1. The summed E-state index contributed by atoms with van der Waals surface area (Å²) in [5.74, 6) is -2.17. The van der Waals surface area contributed by atoms with E-state index in [2.05, 4.69) is 10.3 Å². The van der Waals surface area contributed by atoms with Gasteiger partial charge in [0.1, 0.15) is 22.2 Å². The Kier molecular flexibility index (Phi) is 3.78. The van der Waals surface area contributed by atoms with Gasteiger partial charge in [0.2, 0.25) is 0 Å². The van der Waals surface area contributed by atoms with Crippen molar-refractivity contribution < 1.29 is 28.0 Å². The second-order valence-electron chi connectivity index (χ2n) is 3.98. The molecule has 0 atom stereocenters. The lowest BCUT2D eigenvalue weighted by atomic mass is 10.1. The molecule has 2 aromatic rings. The second-order valence-corrected chi connectivity index (χ2v) is 5.37. The Balaban J connectivity index is 2.37. The van der Waals surface area contributed by atoms with Gasteiger partial charge in [-0.15, -0.1) is 0 Å². The number of benzene rings is 1. The Bertz CT molecular complexity index is 789. The average Bonchev–Trinajstić information content (AvgIpc) is 2.40. The minimum Gasteiger partial charge on any atom is -0.507 e. The highest BCUT2D eigenvalue weighted by molar-refractivity contribution is 7.86. The van der Waals surface area contributed by atoms with Crippen LogP contribution in [0.2, 0.25) is 0 Å². The van der Waals surface area contributed by atoms with Crippen molar-refractivity contribution in [3.63, 3.8) is 0 Å². The highest BCUT2D eigenvalue weighted by Crippen LogP contribution is 2.30. The van der Waals surface area contributed by atoms with Gasteiger partial charge in [-0.25, -0.2) is 4.98 Å². The van der Waals surface area contributed by atoms with Gasteiger partial charge in [-0.2, -0.15) is 8.42 Å². The van der Waals surface area contributed by atoms with Crippen molar-refractivity contribution in [2.45, 2.75) is 4.90 Å². The lowest BCUT2D eigenvalue weighted by molar-refractivity contribution is 0.102. The molecule has 2 rings (SSSR count). The fourth-order valence-corrected chi connectivity index (χ4v) is 2.15. The predicted molar refractivity (Wildman–Crippen MR) is 71.8 cm³/mol. The van der Waals surface area contributed by atoms with E-state index in [0.29, 0.717) is 6.07 Å². The van der Waals surface area contributed by atoms with E-state index in [1.165, 1.54) is 12.3 Å². The second kappa shape index (κ2) is 5.38. The molecule has 0 radical (unpaired) electrons. The molecule has 0 aliphatic rings. The number of hydrogen-bond donors (Lipinski definition) is 4. The van der Waals surface area contributed by atoms with Crippen molar-refractivity contribution in [3.05, 3.63) is 42.1 Å². The third-order valence-corrected chi connectivity index (χ3v) is 3.39. The van der Waals surface area contributed by atoms with Crippen molar-refractivity contribution >= 4 is 21.8 Å². The zero-order valence-corrected chi connectivity index (χ0v) is 11.2. The first-order chi connectivity index (χ1) is 9.79. The normalized spacial score (nSPS) is 11.1. The summed E-state index contributed by atoms with van der Waals surface area (Å²) >= 11 is 0. The van der Waals surface area contributed by atoms with E-state index in [1.807, 2.05) is 0 Å². The summed E-state index contributed by atoms with van der Waals surface area (Å²) in [6.45, 7) is 0. The Morgan fingerprint density at radius 3 is 2.43 bits per heavy atom. The van der Waals surface area contributed by atoms with Gasteiger partial charge in [0.15, 0.2) is 0 Å². The fourth-order valence-electron chi connectivity index (χ4n) is 1.57. The van der Waals surface area contributed by atoms with Gasteiger partial charge in [0, 0.05) is 12.3 Å². The van der Waals surface area contributed by atoms with Gasteiger partial charge in [-0.1, -0.05) is 6.07 Å². The maximum Gasteiger partial charge on any atom is 0.298 e. The molecule has 4 N–H and O–H groups in total. The molecule has 8 nitrogen and oxygen atoms in total. The molecule has 0 saturated heterocycles. The molecule has 0 unspecified atom stereocenters. The predicted octanol–water partition coefficient (Wildman–Crippen LogP) is 0.992. The number of amides is 1. The Labute approximate surface area is 119 Å². The van der Waals surface area contributed by atoms with Crippen molar-refractivity contribution in [2.24, 2.45) is 0 Å². The van der Waals surface area contributed by atoms with Crippen LogP contribution in [0.3, 0.4) is 0 Å². The molecule has 0 fully saturated rings. The SMILES string of the molecule is O=C(Nc1ccccn1)c1cc(O)c(S(=O)(=O)O)cc1O. The van der Waals surface area contributed by atoms with Crippen LogP contribution in [-0.4, -0.2) is 34.1 Å². The van der Waals surface area contributed by atoms with Crippen LogP contribution < -0.4 is 5.32 Å². The maximum absolute atomic E-state index is 11.9. The number of rotatable bonds is 3. The van der Waals surface area contributed by atoms with E-state index in [-0.39, 0.29) is 11.4 Å². The summed E-state index contributed by atoms with van der Waals surface area (Å²) in [5, 5.41) is 21.5. The van der Waals surface area contributed by atoms with Crippen LogP contribution in [0.4, 0.5) is 5.82 Å². The topological polar surface area (TPSA) is 137 Å². The summed E-state index contributed by atoms with van der Waals surface area (Å²) in [6.07, 6.45) is 1.44. The Hall–Kier alpha value is -2.65. The van der Waals surface area contributed by atoms with E-state index in [4.69, 9.17) is 4.55 Å². The van der Waals surface area contributed by atoms with Crippen LogP contribution in [0, 0.1) is 0 Å². The molecule has 0 spiro atoms. The molecule has 1 amide bonds. The number of phenols is 2. The number of hydrogen-bond acceptors (Lipinski definition) is 6. The third-order valence-electron chi connectivity index (χ3n) is 2.51. The van der Waals surface area contributed by atoms with Crippen LogP contribution in [0.1, 0.15) is 10.4 Å². The zero-order chi connectivity index (χ0) is 15.6. The summed E-state index contributed by atoms with van der Waals surface area (Å²) in [5.41, 5.74) is -0.370. The van der Waals surface area contributed by atoms with E-state index < -0.39 is 32.4 Å². The highest BCUT2D eigenvalue weighted by Gasteiger charge is 2.21. The first-order valence-corrected chi connectivity index (χ1v) is 6.99. The number of aromatic hydroxyl groups is 2. The van der Waals surface area contributed by atoms with E-state index in [0.717, 1.165) is 6.07 Å². The first kappa shape index (κ1) is 14.8. The van der Waals surface area contributed by atoms with Gasteiger partial charge in [-0.3, -0.25) is 9.35 Å². The van der Waals surface area contributed by atoms with Gasteiger partial charge in [0.25, 0.3) is 16.0 Å². The van der Waals surface area contributed by atoms with Crippen LogP contribution in [0.25, 0.3) is 0 Å². The molecule has 0 aliphatic carbocycles. The molecule has 21 heavy (non-hydrogen) atoms. The van der Waals surface area contributed by atoms with Gasteiger partial charge in [0.05, 0.1) is 5.56 Å². The standard InChI is InChI=1S/C12H10N2O6S/c15-8-6-10(21(18,19)20)9(16)5-7(8)12(17)14-11-3-1-2-4-13-11/h1-6,15-16H,(H,13,14,17)(H,18,19,20). The first-order valence-electron chi connectivity index (χ1n) is 5.55. The monoisotopic (exact) mass is 310 g/mol. The number of carbonyl (C=O) groups is 1. The summed E-state index contributed by atoms with van der Waals surface area (Å²) in [7, 11) is -4.71. The van der Waals surface area contributed by atoms with Crippen molar-refractivity contribution in [1.29, 1.82) is 0 Å². The van der Waals surface area contributed by atoms with Crippen molar-refractivity contribution in [1.82, 2.24) is 4.98 Å². The minimum atomic E-state index is -4.71. The molecule has 0 aliphatic heterocycles. The Morgan fingerprint density at radius 2 is 1.86 bits per heavy atom. The Morgan fingerprint density at radius 1 is 1.14 bits per heavy atom. The lowest BCUT2D eigenvalue weighted by Crippen LogP contribution is -2.13. The highest BCUT2D eigenvalue weighted by atomic mass is 32.2. The lowest BCUT2D eigenvalue weighted by Gasteiger charge is -2.08. The largest absolute Gasteiger partial charge is 0.507 e. The molecule has 9 heteroatoms. The van der Waals surface area contributed by atoms with Crippen LogP contribution >= 0.6 is 0 Å². The summed E-state index contributed by atoms with van der Waals surface area (Å²) < 4.78 is 30.8. The molecule has 1 heterocycles. The molecule has 1 aromatic carbocycles. The van der Waals surface area contributed by atoms with Gasteiger partial charge >= 0.3 is 0 Å². The molecule has 1 aromatic heterocycles. The van der Waals surface area contributed by atoms with Crippen molar-refractivity contribution in [3.8, 4) is 11.5 Å². The number of aromatic nitrogens is 1. The fraction of sp³-hybridized carbons (Fsp3) is 0. The molecule has 110 valence electrons. The molecular formula is C12H10N2O6S. The maximum atomic E-state index is 11.9. The van der Waals surface area contributed by atoms with E-state index >= 15 is 0 Å². The number of carbonyl (C=O) groups excluding carboxylic acids is 1. The minimum absolute atomic E-state index is 0.209. The smallest absolute Gasteiger partial charge is 0.298 e. The average molecular weight is 310 g/mol. The molecule has 0 bridgehead atoms. The van der Waals surface area contributed by atoms with Gasteiger partial charge < -0.3 is 15.5 Å². The third kappa shape index (κ3) is 3.27. The zero-order valence-electron chi connectivity index (χ0n) is 10.4. The quantitative estimate of drug-likeness (QED) is 0.490. The van der Waals surface area contributed by atoms with Crippen LogP contribution in [0.5, 0.6) is 11.5 Å². The molecule has 0 saturated carbocycles. The summed E-state index contributed by atoms with van der Waals surface area (Å²) in [6, 6.07) is 6.08. The van der Waals surface area contributed by atoms with Gasteiger partial charge in [-0.05, 0) is 18.2 Å². The number of phenolic OH excluding ortho intramolecular Hbond substituents is 2. The number of nitrogens with one attached hydrogen (secondary N) is 1. The van der Waals surface area contributed by atoms with Crippen LogP contribution in [0.15, 0.2) is 41.4 Å². The number of anilines is 1. The molecular weight excluding hydrogens is 300 g/mol.